The zero-order valence-corrected chi connectivity index (χ0v) is 11.5. The maximum absolute atomic E-state index is 4.36. The van der Waals surface area contributed by atoms with Crippen molar-refractivity contribution in [2.45, 2.75) is 39.4 Å². The molecule has 1 aromatic heterocycles. The molecule has 0 radical (unpaired) electrons. The average molecular weight is 259 g/mol. The third kappa shape index (κ3) is 4.30. The summed E-state index contributed by atoms with van der Waals surface area (Å²) in [6.07, 6.45) is 5.32. The fourth-order valence-electron chi connectivity index (χ4n) is 2.25. The second-order valence-electron chi connectivity index (χ2n) is 4.70. The van der Waals surface area contributed by atoms with Gasteiger partial charge in [0.1, 0.15) is 0 Å². The number of nitrogens with zero attached hydrogens (tertiary/aromatic N) is 3. The number of aryl methyl sites for hydroxylation is 1. The van der Waals surface area contributed by atoms with Crippen molar-refractivity contribution >= 4 is 12.4 Å². The van der Waals surface area contributed by atoms with E-state index in [4.69, 9.17) is 0 Å². The van der Waals surface area contributed by atoms with Crippen LogP contribution in [-0.4, -0.2) is 40.4 Å². The van der Waals surface area contributed by atoms with Gasteiger partial charge in [0, 0.05) is 50.5 Å². The molecule has 1 N–H and O–H groups in total. The lowest BCUT2D eigenvalue weighted by atomic mass is 10.2. The number of hydrogen-bond donors (Lipinski definition) is 1. The molecule has 0 saturated carbocycles. The molecule has 0 amide bonds. The molecule has 1 saturated heterocycles. The van der Waals surface area contributed by atoms with Crippen molar-refractivity contribution in [3.63, 3.8) is 0 Å². The average Bonchev–Trinajstić information content (AvgIpc) is 2.66. The second kappa shape index (κ2) is 6.99. The van der Waals surface area contributed by atoms with E-state index in [-0.39, 0.29) is 12.4 Å². The van der Waals surface area contributed by atoms with Gasteiger partial charge in [-0.3, -0.25) is 9.58 Å². The van der Waals surface area contributed by atoms with Crippen molar-refractivity contribution in [3.05, 3.63) is 18.0 Å². The Balaban J connectivity index is 0.00000144. The molecular formula is C12H23ClN4. The lowest BCUT2D eigenvalue weighted by Gasteiger charge is -2.31. The Bertz CT molecular complexity index is 326. The molecule has 1 fully saturated rings. The molecule has 1 unspecified atom stereocenters. The molecule has 1 aliphatic heterocycles. The Labute approximate surface area is 110 Å². The lowest BCUT2D eigenvalue weighted by molar-refractivity contribution is 0.199. The maximum atomic E-state index is 4.36. The molecular weight excluding hydrogens is 236 g/mol. The van der Waals surface area contributed by atoms with Gasteiger partial charge >= 0.3 is 0 Å². The van der Waals surface area contributed by atoms with Crippen LogP contribution in [0.2, 0.25) is 0 Å². The van der Waals surface area contributed by atoms with Crippen LogP contribution in [-0.2, 0) is 13.1 Å². The van der Waals surface area contributed by atoms with E-state index in [9.17, 15) is 0 Å². The highest BCUT2D eigenvalue weighted by atomic mass is 35.5. The number of piperazine rings is 1. The van der Waals surface area contributed by atoms with Crippen molar-refractivity contribution in [1.82, 2.24) is 20.0 Å². The molecule has 17 heavy (non-hydrogen) atoms. The summed E-state index contributed by atoms with van der Waals surface area (Å²) in [5, 5.41) is 7.83. The molecule has 0 spiro atoms. The van der Waals surface area contributed by atoms with Gasteiger partial charge in [0.2, 0.25) is 0 Å². The molecule has 0 aliphatic carbocycles. The Morgan fingerprint density at radius 1 is 1.53 bits per heavy atom. The van der Waals surface area contributed by atoms with E-state index in [0.717, 1.165) is 39.1 Å². The highest BCUT2D eigenvalue weighted by molar-refractivity contribution is 5.85. The van der Waals surface area contributed by atoms with E-state index in [0.29, 0.717) is 6.04 Å². The summed E-state index contributed by atoms with van der Waals surface area (Å²) in [5.74, 6) is 0. The van der Waals surface area contributed by atoms with Crippen molar-refractivity contribution in [1.29, 1.82) is 0 Å². The van der Waals surface area contributed by atoms with Gasteiger partial charge < -0.3 is 5.32 Å². The van der Waals surface area contributed by atoms with Gasteiger partial charge in [0.05, 0.1) is 6.20 Å². The fraction of sp³-hybridized carbons (Fsp3) is 0.750. The topological polar surface area (TPSA) is 33.1 Å². The highest BCUT2D eigenvalue weighted by Crippen LogP contribution is 2.07. The van der Waals surface area contributed by atoms with Crippen molar-refractivity contribution < 1.29 is 0 Å². The van der Waals surface area contributed by atoms with Crippen LogP contribution in [0.4, 0.5) is 0 Å². The van der Waals surface area contributed by atoms with Crippen LogP contribution in [0.5, 0.6) is 0 Å². The SMILES string of the molecule is CCCn1cc(CN2CCNC(C)C2)cn1.Cl. The highest BCUT2D eigenvalue weighted by Gasteiger charge is 2.15. The Morgan fingerprint density at radius 3 is 3.06 bits per heavy atom. The van der Waals surface area contributed by atoms with Gasteiger partial charge in [-0.05, 0) is 13.3 Å². The van der Waals surface area contributed by atoms with Crippen LogP contribution in [0.3, 0.4) is 0 Å². The van der Waals surface area contributed by atoms with E-state index in [1.807, 2.05) is 10.9 Å². The Kier molecular flexibility index (Phi) is 5.95. The fourth-order valence-corrected chi connectivity index (χ4v) is 2.25. The van der Waals surface area contributed by atoms with Crippen molar-refractivity contribution in [2.24, 2.45) is 0 Å². The van der Waals surface area contributed by atoms with Crippen LogP contribution in [0.25, 0.3) is 0 Å². The smallest absolute Gasteiger partial charge is 0.0534 e. The largest absolute Gasteiger partial charge is 0.312 e. The standard InChI is InChI=1S/C12H22N4.ClH/c1-3-5-16-10-12(7-14-16)9-15-6-4-13-11(2)8-15;/h7,10-11,13H,3-6,8-9H2,1-2H3;1H. The van der Waals surface area contributed by atoms with E-state index in [1.165, 1.54) is 5.56 Å². The van der Waals surface area contributed by atoms with E-state index in [1.54, 1.807) is 0 Å². The van der Waals surface area contributed by atoms with Gasteiger partial charge in [-0.15, -0.1) is 12.4 Å². The molecule has 4 nitrogen and oxygen atoms in total. The van der Waals surface area contributed by atoms with Crippen LogP contribution < -0.4 is 5.32 Å². The third-order valence-electron chi connectivity index (χ3n) is 3.00. The third-order valence-corrected chi connectivity index (χ3v) is 3.00. The minimum absolute atomic E-state index is 0. The van der Waals surface area contributed by atoms with E-state index >= 15 is 0 Å². The predicted octanol–water partition coefficient (Wildman–Crippen LogP) is 1.51. The molecule has 0 aromatic carbocycles. The number of aromatic nitrogens is 2. The zero-order valence-electron chi connectivity index (χ0n) is 10.7. The first-order valence-electron chi connectivity index (χ1n) is 6.25. The molecule has 98 valence electrons. The summed E-state index contributed by atoms with van der Waals surface area (Å²) in [7, 11) is 0. The Morgan fingerprint density at radius 2 is 2.35 bits per heavy atom. The quantitative estimate of drug-likeness (QED) is 0.889. The first-order chi connectivity index (χ1) is 7.78. The van der Waals surface area contributed by atoms with Crippen LogP contribution in [0.15, 0.2) is 12.4 Å². The Hall–Kier alpha value is -0.580. The van der Waals surface area contributed by atoms with Gasteiger partial charge in [-0.25, -0.2) is 0 Å². The van der Waals surface area contributed by atoms with Crippen molar-refractivity contribution in [2.75, 3.05) is 19.6 Å². The van der Waals surface area contributed by atoms with Gasteiger partial charge in [-0.1, -0.05) is 6.92 Å². The zero-order chi connectivity index (χ0) is 11.4. The minimum Gasteiger partial charge on any atom is -0.312 e. The summed E-state index contributed by atoms with van der Waals surface area (Å²) in [6.45, 7) is 9.87. The summed E-state index contributed by atoms with van der Waals surface area (Å²) in [5.41, 5.74) is 1.34. The summed E-state index contributed by atoms with van der Waals surface area (Å²) in [4.78, 5) is 2.49. The molecule has 2 heterocycles. The minimum atomic E-state index is 0. The lowest BCUT2D eigenvalue weighted by Crippen LogP contribution is -2.48. The van der Waals surface area contributed by atoms with Gasteiger partial charge in [-0.2, -0.15) is 5.10 Å². The van der Waals surface area contributed by atoms with Gasteiger partial charge in [0.15, 0.2) is 0 Å². The van der Waals surface area contributed by atoms with Crippen LogP contribution in [0, 0.1) is 0 Å². The normalized spacial score (nSPS) is 21.2. The number of hydrogen-bond acceptors (Lipinski definition) is 3. The molecule has 1 aliphatic rings. The van der Waals surface area contributed by atoms with E-state index < -0.39 is 0 Å². The first kappa shape index (κ1) is 14.5. The maximum Gasteiger partial charge on any atom is 0.0534 e. The van der Waals surface area contributed by atoms with Crippen LogP contribution in [0.1, 0.15) is 25.8 Å². The number of rotatable bonds is 4. The molecule has 0 bridgehead atoms. The monoisotopic (exact) mass is 258 g/mol. The molecule has 1 atom stereocenters. The molecule has 5 heteroatoms. The number of nitrogens with one attached hydrogen (secondary N) is 1. The van der Waals surface area contributed by atoms with Crippen molar-refractivity contribution in [3.8, 4) is 0 Å². The second-order valence-corrected chi connectivity index (χ2v) is 4.70. The molecule has 1 aromatic rings. The van der Waals surface area contributed by atoms with Gasteiger partial charge in [0.25, 0.3) is 0 Å². The first-order valence-corrected chi connectivity index (χ1v) is 6.25. The summed E-state index contributed by atoms with van der Waals surface area (Å²) >= 11 is 0. The van der Waals surface area contributed by atoms with Crippen LogP contribution >= 0.6 is 12.4 Å². The van der Waals surface area contributed by atoms with E-state index in [2.05, 4.69) is 35.4 Å². The molecule has 2 rings (SSSR count). The predicted molar refractivity (Wildman–Crippen MR) is 72.5 cm³/mol. The summed E-state index contributed by atoms with van der Waals surface area (Å²) in [6, 6.07) is 0.611. The number of halogens is 1. The summed E-state index contributed by atoms with van der Waals surface area (Å²) < 4.78 is 2.04.